The predicted octanol–water partition coefficient (Wildman–Crippen LogP) is 4.15. The molecule has 0 bridgehead atoms. The summed E-state index contributed by atoms with van der Waals surface area (Å²) in [5.74, 6) is -3.08. The molecule has 34 heavy (non-hydrogen) atoms. The lowest BCUT2D eigenvalue weighted by atomic mass is 9.85. The lowest BCUT2D eigenvalue weighted by Crippen LogP contribution is -2.48. The highest BCUT2D eigenvalue weighted by Gasteiger charge is 2.51. The average molecular weight is 546 g/mol. The molecule has 0 saturated carbocycles. The number of rotatable bonds is 7. The maximum atomic E-state index is 13.1. The second kappa shape index (κ2) is 10.5. The normalized spacial score (nSPS) is 20.1. The minimum absolute atomic E-state index is 0.101. The van der Waals surface area contributed by atoms with E-state index < -0.39 is 36.4 Å². The molecular weight excluding hydrogens is 524 g/mol. The van der Waals surface area contributed by atoms with Crippen molar-refractivity contribution < 1.29 is 23.9 Å². The van der Waals surface area contributed by atoms with Crippen LogP contribution in [0, 0.1) is 11.8 Å². The van der Waals surface area contributed by atoms with Gasteiger partial charge in [0.15, 0.2) is 6.61 Å². The van der Waals surface area contributed by atoms with Crippen LogP contribution in [0.15, 0.2) is 65.2 Å². The fraction of sp³-hybridized carbons (Fsp3) is 0.280. The topological polar surface area (TPSA) is 92.8 Å². The van der Waals surface area contributed by atoms with Gasteiger partial charge in [0.25, 0.3) is 5.91 Å². The van der Waals surface area contributed by atoms with Crippen LogP contribution in [-0.2, 0) is 30.3 Å². The van der Waals surface area contributed by atoms with E-state index in [4.69, 9.17) is 16.3 Å². The average Bonchev–Trinajstić information content (AvgIpc) is 3.08. The van der Waals surface area contributed by atoms with Crippen LogP contribution in [-0.4, -0.2) is 41.2 Å². The number of hydrogen-bond acceptors (Lipinski definition) is 5. The van der Waals surface area contributed by atoms with Gasteiger partial charge in [-0.25, -0.2) is 4.79 Å². The van der Waals surface area contributed by atoms with Crippen molar-refractivity contribution in [1.82, 2.24) is 4.90 Å². The predicted molar refractivity (Wildman–Crippen MR) is 130 cm³/mol. The Kier molecular flexibility index (Phi) is 7.48. The van der Waals surface area contributed by atoms with Gasteiger partial charge in [-0.05, 0) is 36.6 Å². The summed E-state index contributed by atoms with van der Waals surface area (Å²) >= 11 is 9.41. The highest BCUT2D eigenvalue weighted by molar-refractivity contribution is 9.10. The number of anilines is 1. The molecule has 0 unspecified atom stereocenters. The van der Waals surface area contributed by atoms with Crippen molar-refractivity contribution in [2.45, 2.75) is 25.3 Å². The molecule has 1 heterocycles. The zero-order chi connectivity index (χ0) is 24.2. The number of esters is 1. The van der Waals surface area contributed by atoms with Crippen LogP contribution in [0.25, 0.3) is 0 Å². The Balaban J connectivity index is 1.48. The van der Waals surface area contributed by atoms with Gasteiger partial charge in [-0.2, -0.15) is 0 Å². The van der Waals surface area contributed by atoms with E-state index in [1.54, 1.807) is 18.2 Å². The van der Waals surface area contributed by atoms with Gasteiger partial charge in [0.2, 0.25) is 11.8 Å². The number of nitrogens with zero attached hydrogens (tertiary/aromatic N) is 1. The lowest BCUT2D eigenvalue weighted by Gasteiger charge is -2.25. The van der Waals surface area contributed by atoms with Crippen molar-refractivity contribution in [2.24, 2.45) is 11.8 Å². The van der Waals surface area contributed by atoms with Crippen LogP contribution in [0.1, 0.15) is 18.4 Å². The Hall–Kier alpha value is -2.97. The summed E-state index contributed by atoms with van der Waals surface area (Å²) in [5, 5.41) is 2.90. The van der Waals surface area contributed by atoms with Crippen LogP contribution >= 0.6 is 27.5 Å². The van der Waals surface area contributed by atoms with Crippen molar-refractivity contribution in [3.63, 3.8) is 0 Å². The number of carbonyl (C=O) groups is 4. The molecule has 1 fully saturated rings. The third-order valence-electron chi connectivity index (χ3n) is 5.95. The Morgan fingerprint density at radius 2 is 1.71 bits per heavy atom. The van der Waals surface area contributed by atoms with Crippen molar-refractivity contribution in [2.75, 3.05) is 11.9 Å². The molecule has 0 radical (unpaired) electrons. The van der Waals surface area contributed by atoms with Crippen LogP contribution in [0.5, 0.6) is 0 Å². The number of allylic oxidation sites excluding steroid dienone is 2. The van der Waals surface area contributed by atoms with E-state index in [2.05, 4.69) is 21.2 Å². The Morgan fingerprint density at radius 3 is 2.32 bits per heavy atom. The summed E-state index contributed by atoms with van der Waals surface area (Å²) in [5.41, 5.74) is 1.14. The molecule has 1 aliphatic carbocycles. The zero-order valence-electron chi connectivity index (χ0n) is 18.1. The first kappa shape index (κ1) is 24.2. The van der Waals surface area contributed by atoms with Crippen molar-refractivity contribution in [3.05, 3.63) is 75.7 Å². The van der Waals surface area contributed by atoms with Crippen LogP contribution in [0.2, 0.25) is 5.02 Å². The summed E-state index contributed by atoms with van der Waals surface area (Å²) in [6.07, 6.45) is 4.81. The van der Waals surface area contributed by atoms with Gasteiger partial charge in [0.1, 0.15) is 6.04 Å². The molecule has 1 saturated heterocycles. The first-order valence-corrected chi connectivity index (χ1v) is 12.0. The van der Waals surface area contributed by atoms with Crippen LogP contribution < -0.4 is 5.32 Å². The van der Waals surface area contributed by atoms with Gasteiger partial charge in [0, 0.05) is 10.9 Å². The van der Waals surface area contributed by atoms with E-state index in [9.17, 15) is 19.2 Å². The third kappa shape index (κ3) is 5.23. The monoisotopic (exact) mass is 544 g/mol. The van der Waals surface area contributed by atoms with Gasteiger partial charge < -0.3 is 10.1 Å². The molecule has 9 heteroatoms. The molecule has 176 valence electrons. The summed E-state index contributed by atoms with van der Waals surface area (Å²) in [4.78, 5) is 52.7. The molecule has 1 N–H and O–H groups in total. The zero-order valence-corrected chi connectivity index (χ0v) is 20.4. The maximum absolute atomic E-state index is 13.1. The smallest absolute Gasteiger partial charge is 0.330 e. The van der Waals surface area contributed by atoms with E-state index in [1.165, 1.54) is 0 Å². The molecule has 2 aromatic carbocycles. The molecule has 1 aliphatic heterocycles. The largest absolute Gasteiger partial charge is 0.454 e. The first-order valence-electron chi connectivity index (χ1n) is 10.8. The highest BCUT2D eigenvalue weighted by atomic mass is 79.9. The standard InChI is InChI=1S/C25H22BrClN2O5/c26-16-10-11-20(19(27)13-16)28-22(30)14-34-25(33)21(12-15-6-2-1-3-7-15)29-23(31)17-8-4-5-9-18(17)24(29)32/h1-7,10-11,13,17-18,21H,8-9,12,14H2,(H,28,30)/t17-,18-,21+/m1/s1. The number of nitrogens with one attached hydrogen (secondary N) is 1. The number of hydrogen-bond donors (Lipinski definition) is 1. The van der Waals surface area contributed by atoms with E-state index in [1.807, 2.05) is 42.5 Å². The molecule has 7 nitrogen and oxygen atoms in total. The SMILES string of the molecule is O=C(COC(=O)[C@H](Cc1ccccc1)N1C(=O)[C@@H]2CC=CC[C@H]2C1=O)Nc1ccc(Br)cc1Cl. The Morgan fingerprint density at radius 1 is 1.06 bits per heavy atom. The molecule has 2 aromatic rings. The molecule has 3 amide bonds. The molecular formula is C25H22BrClN2O5. The fourth-order valence-electron chi connectivity index (χ4n) is 4.26. The number of amides is 3. The summed E-state index contributed by atoms with van der Waals surface area (Å²) < 4.78 is 6.02. The third-order valence-corrected chi connectivity index (χ3v) is 6.75. The number of likely N-dealkylation sites (tertiary alicyclic amines) is 1. The van der Waals surface area contributed by atoms with Gasteiger partial charge in [-0.15, -0.1) is 0 Å². The van der Waals surface area contributed by atoms with Crippen molar-refractivity contribution in [3.8, 4) is 0 Å². The minimum Gasteiger partial charge on any atom is -0.454 e. The molecule has 0 aromatic heterocycles. The van der Waals surface area contributed by atoms with Gasteiger partial charge >= 0.3 is 5.97 Å². The van der Waals surface area contributed by atoms with Crippen LogP contribution in [0.3, 0.4) is 0 Å². The second-order valence-electron chi connectivity index (χ2n) is 8.19. The van der Waals surface area contributed by atoms with E-state index in [0.29, 0.717) is 23.6 Å². The Bertz CT molecular complexity index is 1130. The highest BCUT2D eigenvalue weighted by Crippen LogP contribution is 2.37. The minimum atomic E-state index is -1.16. The molecule has 3 atom stereocenters. The van der Waals surface area contributed by atoms with Crippen LogP contribution in [0.4, 0.5) is 5.69 Å². The maximum Gasteiger partial charge on any atom is 0.330 e. The van der Waals surface area contributed by atoms with Gasteiger partial charge in [-0.1, -0.05) is 70.0 Å². The molecule has 4 rings (SSSR count). The van der Waals surface area contributed by atoms with E-state index in [-0.39, 0.29) is 18.2 Å². The van der Waals surface area contributed by atoms with Crippen molar-refractivity contribution in [1.29, 1.82) is 0 Å². The molecule has 2 aliphatic rings. The van der Waals surface area contributed by atoms with Crippen molar-refractivity contribution >= 4 is 56.9 Å². The number of imide groups is 1. The number of carbonyl (C=O) groups excluding carboxylic acids is 4. The summed E-state index contributed by atoms with van der Waals surface area (Å²) in [6, 6.07) is 12.9. The second-order valence-corrected chi connectivity index (χ2v) is 9.51. The fourth-order valence-corrected chi connectivity index (χ4v) is 4.98. The molecule has 0 spiro atoms. The first-order chi connectivity index (χ1) is 16.3. The quantitative estimate of drug-likeness (QED) is 0.321. The van der Waals surface area contributed by atoms with Gasteiger partial charge in [-0.3, -0.25) is 19.3 Å². The van der Waals surface area contributed by atoms with E-state index >= 15 is 0 Å². The Labute approximate surface area is 210 Å². The lowest BCUT2D eigenvalue weighted by molar-refractivity contribution is -0.159. The summed E-state index contributed by atoms with van der Waals surface area (Å²) in [6.45, 7) is -0.582. The number of halogens is 2. The summed E-state index contributed by atoms with van der Waals surface area (Å²) in [7, 11) is 0. The number of fused-ring (bicyclic) bond motifs is 1. The van der Waals surface area contributed by atoms with Gasteiger partial charge in [0.05, 0.1) is 22.5 Å². The van der Waals surface area contributed by atoms with E-state index in [0.717, 1.165) is 14.9 Å². The number of ether oxygens (including phenoxy) is 1. The number of benzene rings is 2.